The van der Waals surface area contributed by atoms with Crippen LogP contribution < -0.4 is 10.2 Å². The van der Waals surface area contributed by atoms with Crippen LogP contribution in [0.25, 0.3) is 22.4 Å². The molecule has 8 nitrogen and oxygen atoms in total. The average molecular weight is 388 g/mol. The van der Waals surface area contributed by atoms with Crippen molar-refractivity contribution in [3.63, 3.8) is 0 Å². The number of aromatic nitrogens is 4. The van der Waals surface area contributed by atoms with E-state index in [1.807, 2.05) is 43.6 Å². The SMILES string of the molecule is Cc1nc2ccc(Nc3nccc(-c4cncc(N5CCOCC5)c4)n3)cc2o1. The number of ether oxygens (including phenoxy) is 1. The summed E-state index contributed by atoms with van der Waals surface area (Å²) in [6, 6.07) is 9.72. The molecule has 0 bridgehead atoms. The van der Waals surface area contributed by atoms with E-state index in [9.17, 15) is 0 Å². The zero-order chi connectivity index (χ0) is 19.6. The van der Waals surface area contributed by atoms with E-state index >= 15 is 0 Å². The van der Waals surface area contributed by atoms with Gasteiger partial charge in [-0.1, -0.05) is 0 Å². The fraction of sp³-hybridized carbons (Fsp3) is 0.238. The van der Waals surface area contributed by atoms with Crippen LogP contribution in [-0.4, -0.2) is 46.2 Å². The number of nitrogens with zero attached hydrogens (tertiary/aromatic N) is 5. The van der Waals surface area contributed by atoms with E-state index in [-0.39, 0.29) is 0 Å². The van der Waals surface area contributed by atoms with Crippen LogP contribution in [-0.2, 0) is 4.74 Å². The summed E-state index contributed by atoms with van der Waals surface area (Å²) in [6.45, 7) is 5.04. The number of anilines is 3. The van der Waals surface area contributed by atoms with Crippen LogP contribution in [0.2, 0.25) is 0 Å². The summed E-state index contributed by atoms with van der Waals surface area (Å²) in [5, 5.41) is 3.24. The van der Waals surface area contributed by atoms with Crippen molar-refractivity contribution in [3.05, 3.63) is 54.8 Å². The summed E-state index contributed by atoms with van der Waals surface area (Å²) in [5.74, 6) is 1.15. The van der Waals surface area contributed by atoms with Crippen molar-refractivity contribution in [2.24, 2.45) is 0 Å². The monoisotopic (exact) mass is 388 g/mol. The van der Waals surface area contributed by atoms with E-state index in [1.165, 1.54) is 0 Å². The highest BCUT2D eigenvalue weighted by molar-refractivity contribution is 5.78. The van der Waals surface area contributed by atoms with Crippen LogP contribution in [0.5, 0.6) is 0 Å². The topological polar surface area (TPSA) is 89.2 Å². The molecule has 5 rings (SSSR count). The molecule has 0 spiro atoms. The van der Waals surface area contributed by atoms with Gasteiger partial charge in [0.15, 0.2) is 11.5 Å². The lowest BCUT2D eigenvalue weighted by atomic mass is 10.2. The number of hydrogen-bond donors (Lipinski definition) is 1. The standard InChI is InChI=1S/C21H20N6O2/c1-14-24-19-3-2-16(11-20(19)29-14)25-21-23-5-4-18(26-21)15-10-17(13-22-12-15)27-6-8-28-9-7-27/h2-5,10-13H,6-9H2,1H3,(H,23,25,26). The number of morpholine rings is 1. The van der Waals surface area contributed by atoms with Gasteiger partial charge in [0, 0.05) is 49.7 Å². The second-order valence-corrected chi connectivity index (χ2v) is 6.84. The van der Waals surface area contributed by atoms with E-state index in [4.69, 9.17) is 9.15 Å². The fourth-order valence-corrected chi connectivity index (χ4v) is 3.39. The molecular weight excluding hydrogens is 368 g/mol. The minimum absolute atomic E-state index is 0.509. The molecule has 0 atom stereocenters. The Bertz CT molecular complexity index is 1150. The van der Waals surface area contributed by atoms with Crippen molar-refractivity contribution in [2.75, 3.05) is 36.5 Å². The van der Waals surface area contributed by atoms with Gasteiger partial charge in [0.05, 0.1) is 30.8 Å². The Hall–Kier alpha value is -3.52. The third-order valence-electron chi connectivity index (χ3n) is 4.80. The molecule has 1 aliphatic rings. The Morgan fingerprint density at radius 3 is 2.83 bits per heavy atom. The first-order valence-corrected chi connectivity index (χ1v) is 9.50. The first-order valence-electron chi connectivity index (χ1n) is 9.50. The van der Waals surface area contributed by atoms with Gasteiger partial charge < -0.3 is 19.4 Å². The molecule has 8 heteroatoms. The van der Waals surface area contributed by atoms with E-state index in [0.29, 0.717) is 11.8 Å². The lowest BCUT2D eigenvalue weighted by molar-refractivity contribution is 0.122. The second-order valence-electron chi connectivity index (χ2n) is 6.84. The Morgan fingerprint density at radius 1 is 1.03 bits per heavy atom. The molecule has 4 heterocycles. The normalized spacial score (nSPS) is 14.3. The number of rotatable bonds is 4. The Labute approximate surface area is 167 Å². The van der Waals surface area contributed by atoms with Gasteiger partial charge in [-0.3, -0.25) is 4.98 Å². The molecule has 146 valence electrons. The second kappa shape index (κ2) is 7.48. The van der Waals surface area contributed by atoms with Crippen LogP contribution in [0.4, 0.5) is 17.3 Å². The minimum atomic E-state index is 0.509. The van der Waals surface area contributed by atoms with Gasteiger partial charge >= 0.3 is 0 Å². The number of benzene rings is 1. The third-order valence-corrected chi connectivity index (χ3v) is 4.80. The van der Waals surface area contributed by atoms with Crippen molar-refractivity contribution in [1.82, 2.24) is 19.9 Å². The van der Waals surface area contributed by atoms with Crippen molar-refractivity contribution < 1.29 is 9.15 Å². The molecule has 0 radical (unpaired) electrons. The van der Waals surface area contributed by atoms with E-state index in [1.54, 1.807) is 6.20 Å². The molecule has 1 aliphatic heterocycles. The summed E-state index contributed by atoms with van der Waals surface area (Å²) in [5.41, 5.74) is 5.22. The van der Waals surface area contributed by atoms with Crippen molar-refractivity contribution in [3.8, 4) is 11.3 Å². The molecule has 0 amide bonds. The fourth-order valence-electron chi connectivity index (χ4n) is 3.39. The van der Waals surface area contributed by atoms with Gasteiger partial charge in [-0.25, -0.2) is 15.0 Å². The van der Waals surface area contributed by atoms with Crippen LogP contribution in [0, 0.1) is 6.92 Å². The van der Waals surface area contributed by atoms with Gasteiger partial charge in [-0.2, -0.15) is 0 Å². The van der Waals surface area contributed by atoms with E-state index in [2.05, 4.69) is 36.2 Å². The lowest BCUT2D eigenvalue weighted by Gasteiger charge is -2.28. The van der Waals surface area contributed by atoms with Crippen molar-refractivity contribution in [1.29, 1.82) is 0 Å². The highest BCUT2D eigenvalue weighted by Crippen LogP contribution is 2.25. The highest BCUT2D eigenvalue weighted by Gasteiger charge is 2.13. The highest BCUT2D eigenvalue weighted by atomic mass is 16.5. The van der Waals surface area contributed by atoms with Gasteiger partial charge in [0.2, 0.25) is 5.95 Å². The van der Waals surface area contributed by atoms with Crippen LogP contribution >= 0.6 is 0 Å². The third kappa shape index (κ3) is 3.74. The molecule has 1 aromatic carbocycles. The number of aryl methyl sites for hydroxylation is 1. The summed E-state index contributed by atoms with van der Waals surface area (Å²) in [6.07, 6.45) is 5.44. The summed E-state index contributed by atoms with van der Waals surface area (Å²) in [7, 11) is 0. The molecular formula is C21H20N6O2. The number of nitrogens with one attached hydrogen (secondary N) is 1. The molecule has 4 aromatic rings. The van der Waals surface area contributed by atoms with Gasteiger partial charge in [0.1, 0.15) is 5.52 Å². The molecule has 0 aliphatic carbocycles. The molecule has 0 saturated carbocycles. The predicted octanol–water partition coefficient (Wildman–Crippen LogP) is 3.57. The van der Waals surface area contributed by atoms with E-state index in [0.717, 1.165) is 60.0 Å². The largest absolute Gasteiger partial charge is 0.441 e. The lowest BCUT2D eigenvalue weighted by Crippen LogP contribution is -2.36. The van der Waals surface area contributed by atoms with Crippen molar-refractivity contribution >= 4 is 28.4 Å². The van der Waals surface area contributed by atoms with E-state index < -0.39 is 0 Å². The average Bonchev–Trinajstić information content (AvgIpc) is 3.14. The Kier molecular flexibility index (Phi) is 4.53. The molecule has 3 aromatic heterocycles. The number of pyridine rings is 1. The summed E-state index contributed by atoms with van der Waals surface area (Å²) < 4.78 is 11.0. The first-order chi connectivity index (χ1) is 14.2. The molecule has 1 N–H and O–H groups in total. The Morgan fingerprint density at radius 2 is 1.93 bits per heavy atom. The predicted molar refractivity (Wildman–Crippen MR) is 110 cm³/mol. The van der Waals surface area contributed by atoms with Gasteiger partial charge in [-0.15, -0.1) is 0 Å². The summed E-state index contributed by atoms with van der Waals surface area (Å²) >= 11 is 0. The first kappa shape index (κ1) is 17.6. The zero-order valence-corrected chi connectivity index (χ0v) is 16.0. The number of hydrogen-bond acceptors (Lipinski definition) is 8. The van der Waals surface area contributed by atoms with Crippen LogP contribution in [0.3, 0.4) is 0 Å². The number of oxazole rings is 1. The summed E-state index contributed by atoms with van der Waals surface area (Å²) in [4.78, 5) is 20.0. The Balaban J connectivity index is 1.40. The van der Waals surface area contributed by atoms with Crippen LogP contribution in [0.15, 0.2) is 53.3 Å². The molecule has 1 saturated heterocycles. The molecule has 0 unspecified atom stereocenters. The van der Waals surface area contributed by atoms with Gasteiger partial charge in [-0.05, 0) is 24.3 Å². The molecule has 1 fully saturated rings. The smallest absolute Gasteiger partial charge is 0.227 e. The van der Waals surface area contributed by atoms with Crippen molar-refractivity contribution in [2.45, 2.75) is 6.92 Å². The maximum Gasteiger partial charge on any atom is 0.227 e. The van der Waals surface area contributed by atoms with Gasteiger partial charge in [0.25, 0.3) is 0 Å². The number of fused-ring (bicyclic) bond motifs is 1. The maximum absolute atomic E-state index is 5.60. The quantitative estimate of drug-likeness (QED) is 0.568. The van der Waals surface area contributed by atoms with Crippen LogP contribution in [0.1, 0.15) is 5.89 Å². The minimum Gasteiger partial charge on any atom is -0.441 e. The zero-order valence-electron chi connectivity index (χ0n) is 16.0. The molecule has 29 heavy (non-hydrogen) atoms. The maximum atomic E-state index is 5.60.